The van der Waals surface area contributed by atoms with Gasteiger partial charge in [-0.2, -0.15) is 5.10 Å². The molecule has 1 aliphatic rings. The van der Waals surface area contributed by atoms with Gasteiger partial charge in [0.15, 0.2) is 17.3 Å². The molecule has 0 saturated carbocycles. The van der Waals surface area contributed by atoms with Crippen molar-refractivity contribution in [3.63, 3.8) is 0 Å². The largest absolute Gasteiger partial charge is 0.396 e. The molecule has 1 saturated heterocycles. The van der Waals surface area contributed by atoms with E-state index in [9.17, 15) is 18.0 Å². The Morgan fingerprint density at radius 1 is 1.28 bits per heavy atom. The maximum absolute atomic E-state index is 14.1. The molecule has 1 aliphatic heterocycles. The number of anilines is 3. The summed E-state index contributed by atoms with van der Waals surface area (Å²) in [6, 6.07) is 5.87. The number of hydrogen-bond donors (Lipinski definition) is 3. The summed E-state index contributed by atoms with van der Waals surface area (Å²) in [6.45, 7) is -0.321. The van der Waals surface area contributed by atoms with Gasteiger partial charge in [0.05, 0.1) is 36.7 Å². The van der Waals surface area contributed by atoms with Gasteiger partial charge in [0.2, 0.25) is 0 Å². The Morgan fingerprint density at radius 2 is 2.06 bits per heavy atom. The van der Waals surface area contributed by atoms with E-state index in [0.29, 0.717) is 18.9 Å². The van der Waals surface area contributed by atoms with Crippen LogP contribution in [0.15, 0.2) is 36.7 Å². The molecule has 32 heavy (non-hydrogen) atoms. The first-order valence-electron chi connectivity index (χ1n) is 9.79. The SMILES string of the molecule is Cn1ncc(NC(=O)c2nc(-c3ccccc3F)ncc2N)c1N1CCNCC(F)(F)C1. The van der Waals surface area contributed by atoms with Gasteiger partial charge in [0.1, 0.15) is 11.5 Å². The van der Waals surface area contributed by atoms with Crippen molar-refractivity contribution in [2.75, 3.05) is 42.1 Å². The van der Waals surface area contributed by atoms with Crippen molar-refractivity contribution in [3.8, 4) is 11.4 Å². The van der Waals surface area contributed by atoms with Gasteiger partial charge in [0, 0.05) is 20.1 Å². The average Bonchev–Trinajstić information content (AvgIpc) is 3.00. The summed E-state index contributed by atoms with van der Waals surface area (Å²) in [5.41, 5.74) is 6.04. The van der Waals surface area contributed by atoms with Crippen molar-refractivity contribution in [1.29, 1.82) is 0 Å². The van der Waals surface area contributed by atoms with Gasteiger partial charge >= 0.3 is 0 Å². The van der Waals surface area contributed by atoms with Gasteiger partial charge in [0.25, 0.3) is 11.8 Å². The maximum Gasteiger partial charge on any atom is 0.277 e. The van der Waals surface area contributed by atoms with Gasteiger partial charge in [-0.15, -0.1) is 0 Å². The second kappa shape index (κ2) is 8.46. The molecule has 2 aromatic heterocycles. The Balaban J connectivity index is 1.63. The predicted molar refractivity (Wildman–Crippen MR) is 113 cm³/mol. The number of alkyl halides is 2. The number of halogens is 3. The molecular weight excluding hydrogens is 425 g/mol. The lowest BCUT2D eigenvalue weighted by Crippen LogP contribution is -2.39. The number of benzene rings is 1. The summed E-state index contributed by atoms with van der Waals surface area (Å²) in [5.74, 6) is -3.88. The molecule has 4 N–H and O–H groups in total. The van der Waals surface area contributed by atoms with E-state index in [1.807, 2.05) is 0 Å². The van der Waals surface area contributed by atoms with Crippen molar-refractivity contribution < 1.29 is 18.0 Å². The highest BCUT2D eigenvalue weighted by atomic mass is 19.3. The molecule has 1 aromatic carbocycles. The minimum atomic E-state index is -2.95. The second-order valence-corrected chi connectivity index (χ2v) is 7.39. The smallest absolute Gasteiger partial charge is 0.277 e. The number of nitrogens with one attached hydrogen (secondary N) is 2. The number of aryl methyl sites for hydroxylation is 1. The number of rotatable bonds is 4. The zero-order valence-corrected chi connectivity index (χ0v) is 17.1. The highest BCUT2D eigenvalue weighted by Crippen LogP contribution is 2.29. The standard InChI is InChI=1S/C20H21F3N8O/c1-30-19(31-7-6-25-10-20(22,23)11-31)15(9-27-30)28-18(32)16-14(24)8-26-17(29-16)12-4-2-3-5-13(12)21/h2-5,8-9,25H,6-7,10-11,24H2,1H3,(H,28,32). The minimum Gasteiger partial charge on any atom is -0.396 e. The molecule has 0 radical (unpaired) electrons. The first kappa shape index (κ1) is 21.6. The Morgan fingerprint density at radius 3 is 2.84 bits per heavy atom. The fourth-order valence-electron chi connectivity index (χ4n) is 3.50. The maximum atomic E-state index is 14.1. The molecule has 3 heterocycles. The van der Waals surface area contributed by atoms with Crippen LogP contribution in [0.1, 0.15) is 10.5 Å². The summed E-state index contributed by atoms with van der Waals surface area (Å²) in [5, 5.41) is 9.43. The summed E-state index contributed by atoms with van der Waals surface area (Å²) >= 11 is 0. The van der Waals surface area contributed by atoms with E-state index in [4.69, 9.17) is 5.73 Å². The number of aromatic nitrogens is 4. The van der Waals surface area contributed by atoms with E-state index < -0.39 is 30.7 Å². The van der Waals surface area contributed by atoms with Crippen molar-refractivity contribution in [3.05, 3.63) is 48.2 Å². The van der Waals surface area contributed by atoms with Gasteiger partial charge in [-0.05, 0) is 12.1 Å². The normalized spacial score (nSPS) is 15.9. The van der Waals surface area contributed by atoms with Crippen LogP contribution in [0.4, 0.5) is 30.4 Å². The molecular formula is C20H21F3N8O. The summed E-state index contributed by atoms with van der Waals surface area (Å²) in [7, 11) is 1.59. The molecule has 0 spiro atoms. The molecule has 0 bridgehead atoms. The molecule has 0 atom stereocenters. The van der Waals surface area contributed by atoms with Crippen LogP contribution in [0.25, 0.3) is 11.4 Å². The molecule has 3 aromatic rings. The fraction of sp³-hybridized carbons (Fsp3) is 0.300. The third-order valence-electron chi connectivity index (χ3n) is 4.97. The highest BCUT2D eigenvalue weighted by Gasteiger charge is 2.35. The Hall–Kier alpha value is -3.67. The van der Waals surface area contributed by atoms with Crippen molar-refractivity contribution in [1.82, 2.24) is 25.1 Å². The van der Waals surface area contributed by atoms with Crippen LogP contribution < -0.4 is 21.3 Å². The zero-order chi connectivity index (χ0) is 22.9. The van der Waals surface area contributed by atoms with Gasteiger partial charge in [-0.25, -0.2) is 23.1 Å². The van der Waals surface area contributed by atoms with E-state index in [1.165, 1.54) is 40.2 Å². The Kier molecular flexibility index (Phi) is 5.70. The average molecular weight is 446 g/mol. The van der Waals surface area contributed by atoms with Crippen LogP contribution in [0.2, 0.25) is 0 Å². The van der Waals surface area contributed by atoms with E-state index in [0.717, 1.165) is 0 Å². The van der Waals surface area contributed by atoms with Crippen LogP contribution in [-0.2, 0) is 7.05 Å². The number of nitrogens with zero attached hydrogens (tertiary/aromatic N) is 5. The number of carbonyl (C=O) groups is 1. The number of hydrogen-bond acceptors (Lipinski definition) is 7. The third kappa shape index (κ3) is 4.35. The number of nitrogens with two attached hydrogens (primary N) is 1. The second-order valence-electron chi connectivity index (χ2n) is 7.39. The minimum absolute atomic E-state index is 0.00732. The first-order valence-corrected chi connectivity index (χ1v) is 9.79. The topological polar surface area (TPSA) is 114 Å². The van der Waals surface area contributed by atoms with Crippen LogP contribution in [0.3, 0.4) is 0 Å². The van der Waals surface area contributed by atoms with Crippen LogP contribution in [0, 0.1) is 5.82 Å². The zero-order valence-electron chi connectivity index (χ0n) is 17.1. The lowest BCUT2D eigenvalue weighted by Gasteiger charge is -2.26. The molecule has 9 nitrogen and oxygen atoms in total. The lowest BCUT2D eigenvalue weighted by atomic mass is 10.2. The van der Waals surface area contributed by atoms with Crippen molar-refractivity contribution >= 4 is 23.1 Å². The number of amides is 1. The quantitative estimate of drug-likeness (QED) is 0.561. The lowest BCUT2D eigenvalue weighted by molar-refractivity contribution is 0.0155. The van der Waals surface area contributed by atoms with E-state index in [1.54, 1.807) is 13.1 Å². The van der Waals surface area contributed by atoms with E-state index in [2.05, 4.69) is 25.7 Å². The Bertz CT molecular complexity index is 1150. The van der Waals surface area contributed by atoms with Crippen LogP contribution in [0.5, 0.6) is 0 Å². The van der Waals surface area contributed by atoms with E-state index in [-0.39, 0.29) is 28.5 Å². The fourth-order valence-corrected chi connectivity index (χ4v) is 3.50. The van der Waals surface area contributed by atoms with Gasteiger partial charge in [-0.3, -0.25) is 9.48 Å². The molecule has 168 valence electrons. The molecule has 0 aliphatic carbocycles. The highest BCUT2D eigenvalue weighted by molar-refractivity contribution is 6.07. The number of nitrogen functional groups attached to an aromatic ring is 1. The summed E-state index contributed by atoms with van der Waals surface area (Å²) in [4.78, 5) is 22.5. The van der Waals surface area contributed by atoms with Crippen molar-refractivity contribution in [2.24, 2.45) is 7.05 Å². The monoisotopic (exact) mass is 446 g/mol. The van der Waals surface area contributed by atoms with Gasteiger partial charge in [-0.1, -0.05) is 12.1 Å². The third-order valence-corrected chi connectivity index (χ3v) is 4.97. The van der Waals surface area contributed by atoms with Crippen LogP contribution in [-0.4, -0.2) is 57.8 Å². The number of carbonyl (C=O) groups excluding carboxylic acids is 1. The molecule has 1 fully saturated rings. The Labute approximate surface area is 181 Å². The van der Waals surface area contributed by atoms with Crippen molar-refractivity contribution in [2.45, 2.75) is 5.92 Å². The molecule has 4 rings (SSSR count). The first-order chi connectivity index (χ1) is 15.2. The van der Waals surface area contributed by atoms with E-state index >= 15 is 0 Å². The molecule has 12 heteroatoms. The molecule has 0 unspecified atom stereocenters. The predicted octanol–water partition coefficient (Wildman–Crippen LogP) is 1.90. The summed E-state index contributed by atoms with van der Waals surface area (Å²) in [6.07, 6.45) is 2.58. The molecule has 1 amide bonds. The van der Waals surface area contributed by atoms with Crippen LogP contribution >= 0.6 is 0 Å². The van der Waals surface area contributed by atoms with Gasteiger partial charge < -0.3 is 21.3 Å². The summed E-state index contributed by atoms with van der Waals surface area (Å²) < 4.78 is 43.7.